The van der Waals surface area contributed by atoms with Crippen molar-refractivity contribution in [2.24, 2.45) is 0 Å². The number of hydrogen-bond donors (Lipinski definition) is 1. The Hall–Kier alpha value is -3.15. The van der Waals surface area contributed by atoms with Gasteiger partial charge in [0.1, 0.15) is 5.75 Å². The first-order chi connectivity index (χ1) is 11.6. The average Bonchev–Trinajstić information content (AvgIpc) is 3.02. The van der Waals surface area contributed by atoms with Crippen LogP contribution >= 0.6 is 0 Å². The summed E-state index contributed by atoms with van der Waals surface area (Å²) in [6.07, 6.45) is 0. The molecule has 1 N–H and O–H groups in total. The summed E-state index contributed by atoms with van der Waals surface area (Å²) in [5, 5.41) is 10.5. The first kappa shape index (κ1) is 15.7. The van der Waals surface area contributed by atoms with E-state index in [1.165, 1.54) is 0 Å². The normalized spacial score (nSPS) is 10.5. The molecule has 122 valence electrons. The summed E-state index contributed by atoms with van der Waals surface area (Å²) in [5.41, 5.74) is 3.80. The summed E-state index contributed by atoms with van der Waals surface area (Å²) in [5.74, 6) is 0.773. The van der Waals surface area contributed by atoms with Crippen LogP contribution in [0.3, 0.4) is 0 Å². The lowest BCUT2D eigenvalue weighted by atomic mass is 10.1. The van der Waals surface area contributed by atoms with Gasteiger partial charge in [-0.15, -0.1) is 0 Å². The molecule has 3 rings (SSSR count). The van der Waals surface area contributed by atoms with Gasteiger partial charge in [0.2, 0.25) is 5.82 Å². The zero-order valence-corrected chi connectivity index (χ0v) is 13.7. The summed E-state index contributed by atoms with van der Waals surface area (Å²) in [7, 11) is 1.61. The standard InChI is InChI=1S/C18H17N3O3/c1-11-5-4-6-13(9-11)18(22)19-17-16(20-24-21-17)15-8-7-14(23-3)10-12(15)2/h4-10H,1-3H3,(H,19,21,22). The van der Waals surface area contributed by atoms with Gasteiger partial charge >= 0.3 is 0 Å². The van der Waals surface area contributed by atoms with Crippen molar-refractivity contribution in [3.05, 3.63) is 59.2 Å². The van der Waals surface area contributed by atoms with E-state index in [1.807, 2.05) is 44.2 Å². The Kier molecular flexibility index (Phi) is 4.29. The Morgan fingerprint density at radius 3 is 2.67 bits per heavy atom. The molecule has 6 heteroatoms. The summed E-state index contributed by atoms with van der Waals surface area (Å²) < 4.78 is 10.0. The fraction of sp³-hybridized carbons (Fsp3) is 0.167. The summed E-state index contributed by atoms with van der Waals surface area (Å²) in [4.78, 5) is 12.4. The molecule has 0 spiro atoms. The predicted octanol–water partition coefficient (Wildman–Crippen LogP) is 3.61. The molecule has 0 aliphatic carbocycles. The molecule has 0 aliphatic heterocycles. The summed E-state index contributed by atoms with van der Waals surface area (Å²) >= 11 is 0. The Balaban J connectivity index is 1.90. The van der Waals surface area contributed by atoms with Crippen LogP contribution in [-0.2, 0) is 0 Å². The number of nitrogens with one attached hydrogen (secondary N) is 1. The lowest BCUT2D eigenvalue weighted by Crippen LogP contribution is -2.13. The number of ether oxygens (including phenoxy) is 1. The van der Waals surface area contributed by atoms with Gasteiger partial charge in [-0.1, -0.05) is 17.7 Å². The third-order valence-corrected chi connectivity index (χ3v) is 3.69. The van der Waals surface area contributed by atoms with Crippen molar-refractivity contribution in [2.45, 2.75) is 13.8 Å². The molecule has 0 saturated heterocycles. The highest BCUT2D eigenvalue weighted by molar-refractivity contribution is 6.05. The molecule has 1 heterocycles. The maximum atomic E-state index is 12.4. The zero-order chi connectivity index (χ0) is 17.1. The topological polar surface area (TPSA) is 77.2 Å². The Morgan fingerprint density at radius 2 is 1.96 bits per heavy atom. The smallest absolute Gasteiger partial charge is 0.256 e. The number of benzene rings is 2. The van der Waals surface area contributed by atoms with Gasteiger partial charge in [-0.2, -0.15) is 0 Å². The molecule has 1 aromatic heterocycles. The lowest BCUT2D eigenvalue weighted by molar-refractivity contribution is 0.102. The highest BCUT2D eigenvalue weighted by Crippen LogP contribution is 2.30. The van der Waals surface area contributed by atoms with Crippen LogP contribution in [0, 0.1) is 13.8 Å². The number of amides is 1. The molecule has 3 aromatic rings. The number of methoxy groups -OCH3 is 1. The molecule has 0 fully saturated rings. The second kappa shape index (κ2) is 6.54. The van der Waals surface area contributed by atoms with Crippen LogP contribution in [0.4, 0.5) is 5.82 Å². The number of aromatic nitrogens is 2. The monoisotopic (exact) mass is 323 g/mol. The average molecular weight is 323 g/mol. The summed E-state index contributed by atoms with van der Waals surface area (Å²) in [6.45, 7) is 3.86. The van der Waals surface area contributed by atoms with E-state index in [-0.39, 0.29) is 11.7 Å². The van der Waals surface area contributed by atoms with E-state index in [0.717, 1.165) is 22.4 Å². The van der Waals surface area contributed by atoms with Gasteiger partial charge in [-0.25, -0.2) is 4.63 Å². The van der Waals surface area contributed by atoms with Gasteiger partial charge in [0.25, 0.3) is 5.91 Å². The second-order valence-corrected chi connectivity index (χ2v) is 5.47. The number of nitrogens with zero attached hydrogens (tertiary/aromatic N) is 2. The molecule has 0 bridgehead atoms. The minimum atomic E-state index is -0.262. The maximum absolute atomic E-state index is 12.4. The lowest BCUT2D eigenvalue weighted by Gasteiger charge is -2.07. The largest absolute Gasteiger partial charge is 0.497 e. The van der Waals surface area contributed by atoms with Gasteiger partial charge in [-0.05, 0) is 60.1 Å². The van der Waals surface area contributed by atoms with Crippen LogP contribution in [0.15, 0.2) is 47.1 Å². The molecule has 0 unspecified atom stereocenters. The number of carbonyl (C=O) groups excluding carboxylic acids is 1. The van der Waals surface area contributed by atoms with E-state index in [9.17, 15) is 4.79 Å². The maximum Gasteiger partial charge on any atom is 0.256 e. The van der Waals surface area contributed by atoms with Crippen molar-refractivity contribution in [2.75, 3.05) is 12.4 Å². The van der Waals surface area contributed by atoms with Crippen molar-refractivity contribution >= 4 is 11.7 Å². The molecule has 24 heavy (non-hydrogen) atoms. The minimum absolute atomic E-state index is 0.262. The van der Waals surface area contributed by atoms with Crippen molar-refractivity contribution in [1.82, 2.24) is 10.3 Å². The highest BCUT2D eigenvalue weighted by atomic mass is 16.6. The first-order valence-electron chi connectivity index (χ1n) is 7.44. The molecule has 2 aromatic carbocycles. The van der Waals surface area contributed by atoms with Gasteiger partial charge < -0.3 is 10.1 Å². The van der Waals surface area contributed by atoms with Gasteiger partial charge in [0.05, 0.1) is 7.11 Å². The Labute approximate surface area is 139 Å². The third kappa shape index (κ3) is 3.12. The Bertz CT molecular complexity index is 887. The molecule has 0 aliphatic rings. The molecule has 0 atom stereocenters. The molecular formula is C18H17N3O3. The number of aryl methyl sites for hydroxylation is 2. The number of anilines is 1. The van der Waals surface area contributed by atoms with Crippen LogP contribution in [0.25, 0.3) is 11.3 Å². The van der Waals surface area contributed by atoms with Gasteiger partial charge in [0, 0.05) is 11.1 Å². The SMILES string of the molecule is COc1ccc(-c2nonc2NC(=O)c2cccc(C)c2)c(C)c1. The van der Waals surface area contributed by atoms with Crippen LogP contribution in [0.5, 0.6) is 5.75 Å². The quantitative estimate of drug-likeness (QED) is 0.793. The van der Waals surface area contributed by atoms with Crippen molar-refractivity contribution in [3.63, 3.8) is 0 Å². The molecule has 6 nitrogen and oxygen atoms in total. The van der Waals surface area contributed by atoms with Crippen molar-refractivity contribution in [1.29, 1.82) is 0 Å². The zero-order valence-electron chi connectivity index (χ0n) is 13.7. The molecular weight excluding hydrogens is 306 g/mol. The third-order valence-electron chi connectivity index (χ3n) is 3.69. The van der Waals surface area contributed by atoms with Crippen LogP contribution in [-0.4, -0.2) is 23.3 Å². The fourth-order valence-electron chi connectivity index (χ4n) is 2.44. The van der Waals surface area contributed by atoms with E-state index in [2.05, 4.69) is 15.6 Å². The van der Waals surface area contributed by atoms with E-state index >= 15 is 0 Å². The van der Waals surface area contributed by atoms with Gasteiger partial charge in [0.15, 0.2) is 5.69 Å². The Morgan fingerprint density at radius 1 is 1.12 bits per heavy atom. The highest BCUT2D eigenvalue weighted by Gasteiger charge is 2.18. The number of rotatable bonds is 4. The molecule has 0 radical (unpaired) electrons. The minimum Gasteiger partial charge on any atom is -0.497 e. The fourth-order valence-corrected chi connectivity index (χ4v) is 2.44. The van der Waals surface area contributed by atoms with Gasteiger partial charge in [-0.3, -0.25) is 4.79 Å². The number of hydrogen-bond acceptors (Lipinski definition) is 5. The van der Waals surface area contributed by atoms with Crippen LogP contribution in [0.1, 0.15) is 21.5 Å². The molecule has 0 saturated carbocycles. The first-order valence-corrected chi connectivity index (χ1v) is 7.44. The molecule has 1 amide bonds. The van der Waals surface area contributed by atoms with E-state index in [4.69, 9.17) is 9.37 Å². The predicted molar refractivity (Wildman–Crippen MR) is 90.2 cm³/mol. The van der Waals surface area contributed by atoms with Crippen LogP contribution < -0.4 is 10.1 Å². The van der Waals surface area contributed by atoms with E-state index in [0.29, 0.717) is 11.3 Å². The van der Waals surface area contributed by atoms with Crippen molar-refractivity contribution < 1.29 is 14.2 Å². The van der Waals surface area contributed by atoms with E-state index in [1.54, 1.807) is 19.2 Å². The van der Waals surface area contributed by atoms with E-state index < -0.39 is 0 Å². The second-order valence-electron chi connectivity index (χ2n) is 5.47. The van der Waals surface area contributed by atoms with Crippen LogP contribution in [0.2, 0.25) is 0 Å². The van der Waals surface area contributed by atoms with Crippen molar-refractivity contribution in [3.8, 4) is 17.0 Å². The number of carbonyl (C=O) groups is 1. The summed E-state index contributed by atoms with van der Waals surface area (Å²) in [6, 6.07) is 12.9.